The Morgan fingerprint density at radius 2 is 1.90 bits per heavy atom. The van der Waals surface area contributed by atoms with Crippen LogP contribution in [0.25, 0.3) is 10.9 Å². The van der Waals surface area contributed by atoms with Gasteiger partial charge >= 0.3 is 0 Å². The van der Waals surface area contributed by atoms with Crippen molar-refractivity contribution in [3.8, 4) is 0 Å². The minimum absolute atomic E-state index is 0.175. The molecule has 0 radical (unpaired) electrons. The topological polar surface area (TPSA) is 38.9 Å². The molecule has 100 valence electrons. The fourth-order valence-corrected chi connectivity index (χ4v) is 2.76. The van der Waals surface area contributed by atoms with Gasteiger partial charge in [-0.05, 0) is 35.7 Å². The van der Waals surface area contributed by atoms with E-state index in [-0.39, 0.29) is 6.04 Å². The van der Waals surface area contributed by atoms with E-state index in [0.29, 0.717) is 0 Å². The molecule has 3 aromatic rings. The molecular weight excluding hydrogens is 312 g/mol. The number of aryl methyl sites for hydroxylation is 1. The molecule has 0 bridgehead atoms. The summed E-state index contributed by atoms with van der Waals surface area (Å²) < 4.78 is 1.08. The van der Waals surface area contributed by atoms with Crippen molar-refractivity contribution in [2.24, 2.45) is 5.73 Å². The summed E-state index contributed by atoms with van der Waals surface area (Å²) >= 11 is 3.57. The van der Waals surface area contributed by atoms with Crippen molar-refractivity contribution >= 4 is 26.8 Å². The van der Waals surface area contributed by atoms with E-state index < -0.39 is 0 Å². The predicted molar refractivity (Wildman–Crippen MR) is 86.7 cm³/mol. The molecule has 3 rings (SSSR count). The highest BCUT2D eigenvalue weighted by molar-refractivity contribution is 9.10. The average molecular weight is 327 g/mol. The molecule has 1 aromatic heterocycles. The quantitative estimate of drug-likeness (QED) is 0.760. The lowest BCUT2D eigenvalue weighted by molar-refractivity contribution is 0.875. The van der Waals surface area contributed by atoms with E-state index in [0.717, 1.165) is 26.5 Å². The molecular formula is C17H15BrN2. The predicted octanol–water partition coefficient (Wildman–Crippen LogP) is 4.35. The van der Waals surface area contributed by atoms with Crippen LogP contribution in [0.2, 0.25) is 0 Å². The molecule has 0 saturated carbocycles. The van der Waals surface area contributed by atoms with Crippen molar-refractivity contribution in [2.75, 3.05) is 0 Å². The SMILES string of the molecule is Cc1ccc(C(N)c2cccc3cccnc23)cc1Br. The lowest BCUT2D eigenvalue weighted by Gasteiger charge is -2.15. The summed E-state index contributed by atoms with van der Waals surface area (Å²) in [6.07, 6.45) is 1.81. The molecule has 2 aromatic carbocycles. The Hall–Kier alpha value is -1.71. The van der Waals surface area contributed by atoms with Crippen molar-refractivity contribution in [1.82, 2.24) is 4.98 Å². The summed E-state index contributed by atoms with van der Waals surface area (Å²) in [6.45, 7) is 2.07. The molecule has 0 fully saturated rings. The number of fused-ring (bicyclic) bond motifs is 1. The molecule has 1 unspecified atom stereocenters. The van der Waals surface area contributed by atoms with Gasteiger partial charge in [-0.15, -0.1) is 0 Å². The lowest BCUT2D eigenvalue weighted by atomic mass is 9.96. The molecule has 0 aliphatic heterocycles. The van der Waals surface area contributed by atoms with E-state index in [4.69, 9.17) is 5.73 Å². The van der Waals surface area contributed by atoms with Crippen molar-refractivity contribution in [2.45, 2.75) is 13.0 Å². The average Bonchev–Trinajstić information content (AvgIpc) is 2.49. The van der Waals surface area contributed by atoms with Gasteiger partial charge in [-0.1, -0.05) is 52.3 Å². The van der Waals surface area contributed by atoms with Crippen LogP contribution in [-0.4, -0.2) is 4.98 Å². The first-order valence-electron chi connectivity index (χ1n) is 6.52. The minimum atomic E-state index is -0.175. The molecule has 3 heteroatoms. The van der Waals surface area contributed by atoms with E-state index in [1.807, 2.05) is 24.4 Å². The van der Waals surface area contributed by atoms with E-state index in [1.165, 1.54) is 5.56 Å². The van der Waals surface area contributed by atoms with Crippen LogP contribution in [0.5, 0.6) is 0 Å². The highest BCUT2D eigenvalue weighted by atomic mass is 79.9. The molecule has 1 heterocycles. The summed E-state index contributed by atoms with van der Waals surface area (Å²) in [4.78, 5) is 4.48. The second kappa shape index (κ2) is 5.35. The third-order valence-electron chi connectivity index (χ3n) is 3.55. The maximum atomic E-state index is 6.44. The number of halogens is 1. The molecule has 1 atom stereocenters. The number of hydrogen-bond acceptors (Lipinski definition) is 2. The van der Waals surface area contributed by atoms with Crippen LogP contribution in [0.1, 0.15) is 22.7 Å². The molecule has 0 saturated heterocycles. The summed E-state index contributed by atoms with van der Waals surface area (Å²) in [5.74, 6) is 0. The minimum Gasteiger partial charge on any atom is -0.320 e. The highest BCUT2D eigenvalue weighted by Crippen LogP contribution is 2.28. The normalized spacial score (nSPS) is 12.6. The van der Waals surface area contributed by atoms with Crippen LogP contribution < -0.4 is 5.73 Å². The third kappa shape index (κ3) is 2.35. The smallest absolute Gasteiger partial charge is 0.0753 e. The van der Waals surface area contributed by atoms with Crippen LogP contribution in [0.4, 0.5) is 0 Å². The summed E-state index contributed by atoms with van der Waals surface area (Å²) in [6, 6.07) is 16.2. The van der Waals surface area contributed by atoms with Crippen LogP contribution in [0.3, 0.4) is 0 Å². The van der Waals surface area contributed by atoms with Gasteiger partial charge in [0.1, 0.15) is 0 Å². The monoisotopic (exact) mass is 326 g/mol. The van der Waals surface area contributed by atoms with Gasteiger partial charge < -0.3 is 5.73 Å². The van der Waals surface area contributed by atoms with Gasteiger partial charge in [0.2, 0.25) is 0 Å². The molecule has 0 aliphatic rings. The Kier molecular flexibility index (Phi) is 3.55. The number of para-hydroxylation sites is 1. The Morgan fingerprint density at radius 3 is 2.70 bits per heavy atom. The molecule has 0 aliphatic carbocycles. The number of aromatic nitrogens is 1. The summed E-state index contributed by atoms with van der Waals surface area (Å²) in [5, 5.41) is 1.12. The van der Waals surface area contributed by atoms with Gasteiger partial charge in [0.25, 0.3) is 0 Å². The number of rotatable bonds is 2. The zero-order chi connectivity index (χ0) is 14.1. The second-order valence-corrected chi connectivity index (χ2v) is 5.76. The van der Waals surface area contributed by atoms with Crippen molar-refractivity contribution in [3.63, 3.8) is 0 Å². The van der Waals surface area contributed by atoms with Gasteiger partial charge in [-0.25, -0.2) is 0 Å². The van der Waals surface area contributed by atoms with Crippen LogP contribution in [-0.2, 0) is 0 Å². The van der Waals surface area contributed by atoms with Crippen LogP contribution >= 0.6 is 15.9 Å². The van der Waals surface area contributed by atoms with Crippen LogP contribution in [0.15, 0.2) is 59.2 Å². The van der Waals surface area contributed by atoms with Gasteiger partial charge in [0, 0.05) is 16.1 Å². The Balaban J connectivity index is 2.12. The van der Waals surface area contributed by atoms with Gasteiger partial charge in [0.05, 0.1) is 11.6 Å². The number of benzene rings is 2. The zero-order valence-electron chi connectivity index (χ0n) is 11.2. The Bertz CT molecular complexity index is 763. The van der Waals surface area contributed by atoms with Gasteiger partial charge in [-0.3, -0.25) is 4.98 Å². The van der Waals surface area contributed by atoms with Crippen molar-refractivity contribution in [1.29, 1.82) is 0 Å². The molecule has 2 N–H and O–H groups in total. The lowest BCUT2D eigenvalue weighted by Crippen LogP contribution is -2.12. The molecule has 2 nitrogen and oxygen atoms in total. The fourth-order valence-electron chi connectivity index (χ4n) is 2.36. The molecule has 0 amide bonds. The number of pyridine rings is 1. The maximum absolute atomic E-state index is 6.44. The summed E-state index contributed by atoms with van der Waals surface area (Å²) in [7, 11) is 0. The number of hydrogen-bond donors (Lipinski definition) is 1. The standard InChI is InChI=1S/C17H15BrN2/c1-11-7-8-13(10-15(11)18)16(19)14-6-2-4-12-5-3-9-20-17(12)14/h2-10,16H,19H2,1H3. The number of nitrogens with zero attached hydrogens (tertiary/aromatic N) is 1. The molecule has 0 spiro atoms. The van der Waals surface area contributed by atoms with Gasteiger partial charge in [0.15, 0.2) is 0 Å². The number of nitrogens with two attached hydrogens (primary N) is 1. The van der Waals surface area contributed by atoms with E-state index in [1.54, 1.807) is 0 Å². The van der Waals surface area contributed by atoms with Crippen LogP contribution in [0, 0.1) is 6.92 Å². The van der Waals surface area contributed by atoms with Gasteiger partial charge in [-0.2, -0.15) is 0 Å². The van der Waals surface area contributed by atoms with E-state index in [9.17, 15) is 0 Å². The largest absolute Gasteiger partial charge is 0.320 e. The fraction of sp³-hybridized carbons (Fsp3) is 0.118. The third-order valence-corrected chi connectivity index (χ3v) is 4.41. The Labute approximate surface area is 126 Å². The first-order chi connectivity index (χ1) is 9.66. The van der Waals surface area contributed by atoms with E-state index >= 15 is 0 Å². The highest BCUT2D eigenvalue weighted by Gasteiger charge is 2.13. The second-order valence-electron chi connectivity index (χ2n) is 4.91. The first-order valence-corrected chi connectivity index (χ1v) is 7.31. The Morgan fingerprint density at radius 1 is 1.10 bits per heavy atom. The molecule has 20 heavy (non-hydrogen) atoms. The first kappa shape index (κ1) is 13.3. The van der Waals surface area contributed by atoms with E-state index in [2.05, 4.69) is 58.2 Å². The summed E-state index contributed by atoms with van der Waals surface area (Å²) in [5.41, 5.74) is 10.8. The zero-order valence-corrected chi connectivity index (χ0v) is 12.8. The van der Waals surface area contributed by atoms with Crippen molar-refractivity contribution in [3.05, 3.63) is 75.9 Å². The van der Waals surface area contributed by atoms with Crippen molar-refractivity contribution < 1.29 is 0 Å². The maximum Gasteiger partial charge on any atom is 0.0753 e.